The van der Waals surface area contributed by atoms with E-state index in [0.29, 0.717) is 11.3 Å². The fourth-order valence-electron chi connectivity index (χ4n) is 2.51. The van der Waals surface area contributed by atoms with Crippen LogP contribution in [0.2, 0.25) is 0 Å². The van der Waals surface area contributed by atoms with Crippen LogP contribution in [0.5, 0.6) is 0 Å². The van der Waals surface area contributed by atoms with Gasteiger partial charge in [0.2, 0.25) is 5.91 Å². The zero-order valence-corrected chi connectivity index (χ0v) is 16.0. The maximum Gasteiger partial charge on any atom is 0.217 e. The number of benzene rings is 1. The predicted octanol–water partition coefficient (Wildman–Crippen LogP) is 3.70. The van der Waals surface area contributed by atoms with Gasteiger partial charge in [0.25, 0.3) is 0 Å². The zero-order valence-electron chi connectivity index (χ0n) is 16.0. The summed E-state index contributed by atoms with van der Waals surface area (Å²) in [5.41, 5.74) is 2.08. The average Bonchev–Trinajstić information content (AvgIpc) is 2.54. The van der Waals surface area contributed by atoms with Crippen molar-refractivity contribution in [1.29, 1.82) is 0 Å². The van der Waals surface area contributed by atoms with Gasteiger partial charge in [-0.1, -0.05) is 18.2 Å². The number of amides is 1. The minimum atomic E-state index is -0.818. The summed E-state index contributed by atoms with van der Waals surface area (Å²) in [6, 6.07) is 2.26. The SMILES string of the molecule is C=C/C(=C\C=C(C)C)N(C)C(=C=O)C(Cc1cc(F)cc(F)c1)NC(C)=O. The molecule has 0 aliphatic carbocycles. The van der Waals surface area contributed by atoms with Gasteiger partial charge in [-0.05, 0) is 50.1 Å². The third-order valence-corrected chi connectivity index (χ3v) is 3.72. The number of nitrogens with zero attached hydrogens (tertiary/aromatic N) is 1. The lowest BCUT2D eigenvalue weighted by Gasteiger charge is -2.28. The van der Waals surface area contributed by atoms with Gasteiger partial charge in [-0.15, -0.1) is 0 Å². The van der Waals surface area contributed by atoms with Gasteiger partial charge in [0.15, 0.2) is 0 Å². The summed E-state index contributed by atoms with van der Waals surface area (Å²) in [6.45, 7) is 8.88. The third kappa shape index (κ3) is 7.04. The van der Waals surface area contributed by atoms with Crippen LogP contribution in [0.15, 0.2) is 60.0 Å². The standard InChI is InChI=1S/C21H24F2N2O2/c1-6-19(8-7-14(2)3)25(5)21(13-26)20(24-15(4)27)11-16-9-17(22)12-18(23)10-16/h6-10,12,20H,1,11H2,2-5H3,(H,24,27)/b19-8+. The highest BCUT2D eigenvalue weighted by Crippen LogP contribution is 2.18. The molecule has 144 valence electrons. The molecule has 0 saturated carbocycles. The lowest BCUT2D eigenvalue weighted by molar-refractivity contribution is -0.119. The van der Waals surface area contributed by atoms with Crippen LogP contribution in [0.25, 0.3) is 0 Å². The molecule has 6 heteroatoms. The molecule has 1 atom stereocenters. The maximum atomic E-state index is 13.5. The molecule has 1 rings (SSSR count). The van der Waals surface area contributed by atoms with Gasteiger partial charge in [0, 0.05) is 25.7 Å². The first-order valence-corrected chi connectivity index (χ1v) is 8.36. The Kier molecular flexibility index (Phi) is 8.36. The van der Waals surface area contributed by atoms with Crippen LogP contribution in [0.3, 0.4) is 0 Å². The molecule has 0 saturated heterocycles. The van der Waals surface area contributed by atoms with Crippen LogP contribution in [0, 0.1) is 11.6 Å². The fraction of sp³-hybridized carbons (Fsp3) is 0.286. The molecule has 0 bridgehead atoms. The Balaban J connectivity index is 3.27. The topological polar surface area (TPSA) is 49.4 Å². The Hall–Kier alpha value is -2.98. The highest BCUT2D eigenvalue weighted by atomic mass is 19.1. The highest BCUT2D eigenvalue weighted by molar-refractivity contribution is 5.74. The van der Waals surface area contributed by atoms with E-state index in [4.69, 9.17) is 0 Å². The lowest BCUT2D eigenvalue weighted by atomic mass is 10.0. The Labute approximate surface area is 158 Å². The van der Waals surface area contributed by atoms with E-state index in [9.17, 15) is 18.4 Å². The monoisotopic (exact) mass is 374 g/mol. The zero-order chi connectivity index (χ0) is 20.6. The number of rotatable bonds is 8. The number of allylic oxidation sites excluding steroid dienone is 4. The number of hydrogen-bond acceptors (Lipinski definition) is 3. The second-order valence-corrected chi connectivity index (χ2v) is 6.32. The molecule has 1 aromatic carbocycles. The minimum Gasteiger partial charge on any atom is -0.347 e. The van der Waals surface area contributed by atoms with Crippen molar-refractivity contribution >= 4 is 11.8 Å². The van der Waals surface area contributed by atoms with Gasteiger partial charge in [0.1, 0.15) is 23.3 Å². The quantitative estimate of drug-likeness (QED) is 0.558. The Bertz CT molecular complexity index is 797. The summed E-state index contributed by atoms with van der Waals surface area (Å²) in [5, 5.41) is 2.64. The molecule has 0 spiro atoms. The average molecular weight is 374 g/mol. The molecule has 0 heterocycles. The van der Waals surface area contributed by atoms with Crippen LogP contribution < -0.4 is 5.32 Å². The molecule has 1 amide bonds. The van der Waals surface area contributed by atoms with Crippen LogP contribution in [-0.2, 0) is 16.0 Å². The number of nitrogens with one attached hydrogen (secondary N) is 1. The van der Waals surface area contributed by atoms with Crippen molar-refractivity contribution < 1.29 is 18.4 Å². The second kappa shape index (κ2) is 10.2. The smallest absolute Gasteiger partial charge is 0.217 e. The van der Waals surface area contributed by atoms with Crippen LogP contribution in [0.1, 0.15) is 26.3 Å². The van der Waals surface area contributed by atoms with Gasteiger partial charge in [-0.3, -0.25) is 4.79 Å². The van der Waals surface area contributed by atoms with Crippen LogP contribution in [0.4, 0.5) is 8.78 Å². The summed E-state index contributed by atoms with van der Waals surface area (Å²) < 4.78 is 27.0. The molecular weight excluding hydrogens is 350 g/mol. The largest absolute Gasteiger partial charge is 0.347 e. The number of carbonyl (C=O) groups excluding carboxylic acids is 2. The van der Waals surface area contributed by atoms with Crippen molar-refractivity contribution in [2.45, 2.75) is 33.2 Å². The summed E-state index contributed by atoms with van der Waals surface area (Å²) in [5.74, 6) is -0.00228. The van der Waals surface area contributed by atoms with Gasteiger partial charge < -0.3 is 10.2 Å². The van der Waals surface area contributed by atoms with E-state index in [1.165, 1.54) is 11.8 Å². The predicted molar refractivity (Wildman–Crippen MR) is 102 cm³/mol. The Morgan fingerprint density at radius 2 is 1.81 bits per heavy atom. The summed E-state index contributed by atoms with van der Waals surface area (Å²) in [7, 11) is 1.63. The summed E-state index contributed by atoms with van der Waals surface area (Å²) in [6.07, 6.45) is 5.21. The maximum absolute atomic E-state index is 13.5. The number of hydrogen-bond donors (Lipinski definition) is 1. The van der Waals surface area contributed by atoms with Crippen LogP contribution in [-0.4, -0.2) is 29.8 Å². The van der Waals surface area contributed by atoms with E-state index >= 15 is 0 Å². The van der Waals surface area contributed by atoms with Gasteiger partial charge in [-0.25, -0.2) is 13.6 Å². The van der Waals surface area contributed by atoms with Gasteiger partial charge in [-0.2, -0.15) is 0 Å². The van der Waals surface area contributed by atoms with Crippen molar-refractivity contribution in [3.8, 4) is 0 Å². The molecule has 0 aliphatic rings. The molecule has 0 fully saturated rings. The van der Waals surface area contributed by atoms with E-state index in [1.54, 1.807) is 19.2 Å². The minimum absolute atomic E-state index is 0.0240. The normalized spacial score (nSPS) is 11.9. The van der Waals surface area contributed by atoms with Crippen molar-refractivity contribution in [2.75, 3.05) is 7.05 Å². The molecule has 1 N–H and O–H groups in total. The van der Waals surface area contributed by atoms with E-state index in [1.807, 2.05) is 25.9 Å². The third-order valence-electron chi connectivity index (χ3n) is 3.72. The Morgan fingerprint density at radius 1 is 1.22 bits per heavy atom. The molecule has 0 aromatic heterocycles. The summed E-state index contributed by atoms with van der Waals surface area (Å²) >= 11 is 0. The molecule has 1 aromatic rings. The first kappa shape index (κ1) is 22.1. The fourth-order valence-corrected chi connectivity index (χ4v) is 2.51. The second-order valence-electron chi connectivity index (χ2n) is 6.32. The van der Waals surface area contributed by atoms with E-state index in [0.717, 1.165) is 23.8 Å². The van der Waals surface area contributed by atoms with E-state index < -0.39 is 17.7 Å². The Morgan fingerprint density at radius 3 is 2.26 bits per heavy atom. The van der Waals surface area contributed by atoms with Gasteiger partial charge in [0.05, 0.1) is 6.04 Å². The number of carbonyl (C=O) groups is 1. The van der Waals surface area contributed by atoms with Crippen LogP contribution >= 0.6 is 0 Å². The van der Waals surface area contributed by atoms with Crippen molar-refractivity contribution in [1.82, 2.24) is 10.2 Å². The molecule has 1 unspecified atom stereocenters. The summed E-state index contributed by atoms with van der Waals surface area (Å²) in [4.78, 5) is 24.8. The number of halogens is 2. The first-order chi connectivity index (χ1) is 12.7. The van der Waals surface area contributed by atoms with Crippen molar-refractivity contribution in [2.24, 2.45) is 0 Å². The van der Waals surface area contributed by atoms with E-state index in [-0.39, 0.29) is 18.0 Å². The van der Waals surface area contributed by atoms with Gasteiger partial charge >= 0.3 is 0 Å². The molecule has 27 heavy (non-hydrogen) atoms. The molecule has 0 aliphatic heterocycles. The van der Waals surface area contributed by atoms with E-state index in [2.05, 4.69) is 11.9 Å². The van der Waals surface area contributed by atoms with Crippen molar-refractivity contribution in [3.63, 3.8) is 0 Å². The highest BCUT2D eigenvalue weighted by Gasteiger charge is 2.22. The first-order valence-electron chi connectivity index (χ1n) is 8.36. The molecular formula is C21H24F2N2O2. The molecule has 0 radical (unpaired) electrons. The number of likely N-dealkylation sites (N-methyl/N-ethyl adjacent to an activating group) is 1. The van der Waals surface area contributed by atoms with Crippen molar-refractivity contribution in [3.05, 3.63) is 77.2 Å². The molecule has 4 nitrogen and oxygen atoms in total. The lowest BCUT2D eigenvalue weighted by Crippen LogP contribution is -2.41.